The first-order valence-electron chi connectivity index (χ1n) is 6.71. The van der Waals surface area contributed by atoms with E-state index in [4.69, 9.17) is 0 Å². The van der Waals surface area contributed by atoms with Gasteiger partial charge in [0.25, 0.3) is 0 Å². The minimum atomic E-state index is -0.221. The van der Waals surface area contributed by atoms with Crippen molar-refractivity contribution < 1.29 is 4.39 Å². The van der Waals surface area contributed by atoms with Crippen LogP contribution in [0.5, 0.6) is 0 Å². The highest BCUT2D eigenvalue weighted by Crippen LogP contribution is 2.25. The van der Waals surface area contributed by atoms with Gasteiger partial charge in [-0.2, -0.15) is 0 Å². The quantitative estimate of drug-likeness (QED) is 0.775. The number of halogens is 2. The lowest BCUT2D eigenvalue weighted by molar-refractivity contribution is 0.478. The fraction of sp³-hybridized carbons (Fsp3) is 0.188. The van der Waals surface area contributed by atoms with Gasteiger partial charge >= 0.3 is 0 Å². The van der Waals surface area contributed by atoms with Gasteiger partial charge in [-0.25, -0.2) is 9.37 Å². The van der Waals surface area contributed by atoms with Crippen LogP contribution in [0, 0.1) is 5.82 Å². The zero-order chi connectivity index (χ0) is 14.8. The summed E-state index contributed by atoms with van der Waals surface area (Å²) >= 11 is 3.24. The van der Waals surface area contributed by atoms with E-state index >= 15 is 0 Å². The smallest absolute Gasteiger partial charge is 0.142 e. The van der Waals surface area contributed by atoms with Crippen LogP contribution in [0.4, 0.5) is 4.39 Å². The van der Waals surface area contributed by atoms with Gasteiger partial charge in [-0.15, -0.1) is 0 Å². The fourth-order valence-corrected chi connectivity index (χ4v) is 2.87. The first-order chi connectivity index (χ1) is 10.2. The first kappa shape index (κ1) is 14.2. The molecular formula is C16H15BrFN3. The zero-order valence-electron chi connectivity index (χ0n) is 11.6. The topological polar surface area (TPSA) is 29.9 Å². The maximum atomic E-state index is 14.3. The third-order valence-corrected chi connectivity index (χ3v) is 4.22. The van der Waals surface area contributed by atoms with Crippen molar-refractivity contribution in [2.24, 2.45) is 0 Å². The Morgan fingerprint density at radius 2 is 2.05 bits per heavy atom. The summed E-state index contributed by atoms with van der Waals surface area (Å²) < 4.78 is 16.8. The molecule has 21 heavy (non-hydrogen) atoms. The van der Waals surface area contributed by atoms with Gasteiger partial charge in [0.05, 0.1) is 27.9 Å². The third kappa shape index (κ3) is 2.71. The molecule has 0 saturated heterocycles. The van der Waals surface area contributed by atoms with Crippen molar-refractivity contribution in [2.75, 3.05) is 7.05 Å². The second kappa shape index (κ2) is 5.95. The highest BCUT2D eigenvalue weighted by atomic mass is 79.9. The number of para-hydroxylation sites is 2. The number of nitrogens with zero attached hydrogens (tertiary/aromatic N) is 2. The van der Waals surface area contributed by atoms with Gasteiger partial charge in [-0.05, 0) is 41.2 Å². The summed E-state index contributed by atoms with van der Waals surface area (Å²) in [5, 5.41) is 3.18. The van der Waals surface area contributed by atoms with Crippen molar-refractivity contribution >= 4 is 27.0 Å². The van der Waals surface area contributed by atoms with Crippen LogP contribution < -0.4 is 5.32 Å². The van der Waals surface area contributed by atoms with Gasteiger partial charge in [0, 0.05) is 12.1 Å². The summed E-state index contributed by atoms with van der Waals surface area (Å²) in [6, 6.07) is 13.2. The molecule has 3 rings (SSSR count). The summed E-state index contributed by atoms with van der Waals surface area (Å²) in [6.07, 6.45) is 1.80. The average Bonchev–Trinajstić information content (AvgIpc) is 2.91. The lowest BCUT2D eigenvalue weighted by Gasteiger charge is -2.19. The molecular weight excluding hydrogens is 333 g/mol. The molecule has 0 fully saturated rings. The van der Waals surface area contributed by atoms with E-state index in [1.54, 1.807) is 18.5 Å². The Kier molecular flexibility index (Phi) is 4.03. The van der Waals surface area contributed by atoms with Gasteiger partial charge < -0.3 is 9.88 Å². The minimum absolute atomic E-state index is 0.125. The molecule has 5 heteroatoms. The molecule has 0 amide bonds. The second-order valence-corrected chi connectivity index (χ2v) is 5.72. The van der Waals surface area contributed by atoms with Crippen LogP contribution in [0.25, 0.3) is 11.0 Å². The molecule has 0 bridgehead atoms. The van der Waals surface area contributed by atoms with Crippen LogP contribution in [-0.4, -0.2) is 16.6 Å². The SMILES string of the molecule is CNC(Cn1cnc2ccccc21)c1cccc(Br)c1F. The van der Waals surface area contributed by atoms with Crippen molar-refractivity contribution in [1.29, 1.82) is 0 Å². The van der Waals surface area contributed by atoms with Gasteiger partial charge in [0.1, 0.15) is 5.82 Å². The average molecular weight is 348 g/mol. The Hall–Kier alpha value is -1.72. The molecule has 0 radical (unpaired) electrons. The van der Waals surface area contributed by atoms with Crippen molar-refractivity contribution in [3.8, 4) is 0 Å². The van der Waals surface area contributed by atoms with Gasteiger partial charge in [-0.1, -0.05) is 24.3 Å². The van der Waals surface area contributed by atoms with Crippen molar-refractivity contribution in [3.63, 3.8) is 0 Å². The summed E-state index contributed by atoms with van der Waals surface area (Å²) in [5.74, 6) is -0.221. The molecule has 1 heterocycles. The summed E-state index contributed by atoms with van der Waals surface area (Å²) in [5.41, 5.74) is 2.64. The molecule has 0 aliphatic rings. The minimum Gasteiger partial charge on any atom is -0.329 e. The molecule has 0 aliphatic heterocycles. The molecule has 2 aromatic carbocycles. The maximum Gasteiger partial charge on any atom is 0.142 e. The maximum absolute atomic E-state index is 14.3. The summed E-state index contributed by atoms with van der Waals surface area (Å²) in [7, 11) is 1.84. The number of imidazole rings is 1. The molecule has 1 unspecified atom stereocenters. The van der Waals surface area contributed by atoms with Gasteiger partial charge in [0.15, 0.2) is 0 Å². The third-order valence-electron chi connectivity index (χ3n) is 3.61. The number of nitrogens with one attached hydrogen (secondary N) is 1. The Morgan fingerprint density at radius 3 is 2.86 bits per heavy atom. The second-order valence-electron chi connectivity index (χ2n) is 4.87. The normalized spacial score (nSPS) is 12.7. The Balaban J connectivity index is 1.96. The molecule has 1 atom stereocenters. The monoisotopic (exact) mass is 347 g/mol. The number of hydrogen-bond acceptors (Lipinski definition) is 2. The molecule has 0 aliphatic carbocycles. The van der Waals surface area contributed by atoms with Crippen LogP contribution in [0.1, 0.15) is 11.6 Å². The Morgan fingerprint density at radius 1 is 1.24 bits per heavy atom. The first-order valence-corrected chi connectivity index (χ1v) is 7.51. The van der Waals surface area contributed by atoms with E-state index in [9.17, 15) is 4.39 Å². The summed E-state index contributed by atoms with van der Waals surface area (Å²) in [6.45, 7) is 0.615. The molecule has 1 N–H and O–H groups in total. The summed E-state index contributed by atoms with van der Waals surface area (Å²) in [4.78, 5) is 4.37. The lowest BCUT2D eigenvalue weighted by atomic mass is 10.1. The lowest BCUT2D eigenvalue weighted by Crippen LogP contribution is -2.22. The number of fused-ring (bicyclic) bond motifs is 1. The Labute approximate surface area is 130 Å². The van der Waals surface area contributed by atoms with E-state index in [1.165, 1.54) is 0 Å². The number of aromatic nitrogens is 2. The van der Waals surface area contributed by atoms with Gasteiger partial charge in [0.2, 0.25) is 0 Å². The Bertz CT molecular complexity index is 769. The van der Waals surface area contributed by atoms with Gasteiger partial charge in [-0.3, -0.25) is 0 Å². The number of rotatable bonds is 4. The van der Waals surface area contributed by atoms with Crippen molar-refractivity contribution in [3.05, 3.63) is 64.6 Å². The van der Waals surface area contributed by atoms with Crippen LogP contribution >= 0.6 is 15.9 Å². The predicted molar refractivity (Wildman–Crippen MR) is 85.6 cm³/mol. The predicted octanol–water partition coefficient (Wildman–Crippen LogP) is 3.90. The van der Waals surface area contributed by atoms with Crippen LogP contribution in [0.15, 0.2) is 53.3 Å². The van der Waals surface area contributed by atoms with Crippen LogP contribution in [0.2, 0.25) is 0 Å². The molecule has 1 aromatic heterocycles. The van der Waals surface area contributed by atoms with E-state index in [0.29, 0.717) is 16.6 Å². The molecule has 0 saturated carbocycles. The largest absolute Gasteiger partial charge is 0.329 e. The van der Waals surface area contributed by atoms with E-state index < -0.39 is 0 Å². The van der Waals surface area contributed by atoms with Crippen molar-refractivity contribution in [1.82, 2.24) is 14.9 Å². The fourth-order valence-electron chi connectivity index (χ4n) is 2.49. The zero-order valence-corrected chi connectivity index (χ0v) is 13.1. The highest BCUT2D eigenvalue weighted by Gasteiger charge is 2.17. The number of likely N-dealkylation sites (N-methyl/N-ethyl adjacent to an activating group) is 1. The van der Waals surface area contributed by atoms with E-state index in [1.807, 2.05) is 41.9 Å². The highest BCUT2D eigenvalue weighted by molar-refractivity contribution is 9.10. The van der Waals surface area contributed by atoms with E-state index in [2.05, 4.69) is 26.2 Å². The van der Waals surface area contributed by atoms with E-state index in [0.717, 1.165) is 11.0 Å². The van der Waals surface area contributed by atoms with Crippen LogP contribution in [0.3, 0.4) is 0 Å². The molecule has 0 spiro atoms. The molecule has 3 nitrogen and oxygen atoms in total. The number of benzene rings is 2. The number of hydrogen-bond donors (Lipinski definition) is 1. The van der Waals surface area contributed by atoms with Crippen molar-refractivity contribution in [2.45, 2.75) is 12.6 Å². The van der Waals surface area contributed by atoms with Crippen LogP contribution in [-0.2, 0) is 6.54 Å². The molecule has 108 valence electrons. The molecule has 3 aromatic rings. The van der Waals surface area contributed by atoms with E-state index in [-0.39, 0.29) is 11.9 Å². The standard InChI is InChI=1S/C16H15BrFN3/c1-19-14(11-5-4-6-12(17)16(11)18)9-21-10-20-13-7-2-3-8-15(13)21/h2-8,10,14,19H,9H2,1H3.